The number of phenolic OH excluding ortho intramolecular Hbond substituents is 1. The Bertz CT molecular complexity index is 410. The number of ether oxygens (including phenoxy) is 1. The van der Waals surface area contributed by atoms with Gasteiger partial charge in [-0.3, -0.25) is 0 Å². The van der Waals surface area contributed by atoms with Gasteiger partial charge < -0.3 is 9.84 Å². The number of nitriles is 1. The third-order valence-electron chi connectivity index (χ3n) is 2.17. The van der Waals surface area contributed by atoms with Crippen LogP contribution in [0.15, 0.2) is 10.5 Å². The van der Waals surface area contributed by atoms with E-state index in [0.29, 0.717) is 23.1 Å². The van der Waals surface area contributed by atoms with E-state index in [-0.39, 0.29) is 5.75 Å². The van der Waals surface area contributed by atoms with Crippen LogP contribution in [-0.4, -0.2) is 12.2 Å². The highest BCUT2D eigenvalue weighted by Crippen LogP contribution is 2.39. The van der Waals surface area contributed by atoms with Gasteiger partial charge in [0.15, 0.2) is 0 Å². The van der Waals surface area contributed by atoms with E-state index in [4.69, 9.17) is 10.00 Å². The van der Waals surface area contributed by atoms with Crippen LogP contribution in [0.4, 0.5) is 0 Å². The number of benzene rings is 1. The van der Waals surface area contributed by atoms with Gasteiger partial charge >= 0.3 is 0 Å². The number of nitrogens with zero attached hydrogens (tertiary/aromatic N) is 1. The molecule has 1 rings (SSSR count). The zero-order valence-corrected chi connectivity index (χ0v) is 10.3. The molecule has 3 nitrogen and oxygen atoms in total. The normalized spacial score (nSPS) is 9.73. The van der Waals surface area contributed by atoms with Crippen LogP contribution in [0.1, 0.15) is 17.5 Å². The van der Waals surface area contributed by atoms with Crippen molar-refractivity contribution < 1.29 is 9.84 Å². The summed E-state index contributed by atoms with van der Waals surface area (Å²) < 4.78 is 5.75. The van der Waals surface area contributed by atoms with Crippen LogP contribution in [0.5, 0.6) is 11.5 Å². The Hall–Kier alpha value is -1.21. The second-order valence-electron chi connectivity index (χ2n) is 3.21. The fourth-order valence-electron chi connectivity index (χ4n) is 1.41. The third-order valence-corrected chi connectivity index (χ3v) is 2.91. The Kier molecular flexibility index (Phi) is 3.98. The van der Waals surface area contributed by atoms with Crippen LogP contribution in [0.3, 0.4) is 0 Å². The molecule has 0 radical (unpaired) electrons. The molecule has 0 bridgehead atoms. The predicted molar refractivity (Wildman–Crippen MR) is 61.0 cm³/mol. The Balaban J connectivity index is 3.20. The Morgan fingerprint density at radius 2 is 2.27 bits per heavy atom. The van der Waals surface area contributed by atoms with Gasteiger partial charge in [0, 0.05) is 6.42 Å². The first-order valence-corrected chi connectivity index (χ1v) is 5.33. The molecule has 0 aromatic heterocycles. The fourth-order valence-corrected chi connectivity index (χ4v) is 2.14. The molecule has 4 heteroatoms. The van der Waals surface area contributed by atoms with Gasteiger partial charge in [-0.15, -0.1) is 0 Å². The molecule has 0 aliphatic heterocycles. The maximum atomic E-state index is 9.68. The quantitative estimate of drug-likeness (QED) is 0.918. The number of halogens is 1. The molecule has 0 saturated heterocycles. The van der Waals surface area contributed by atoms with E-state index in [9.17, 15) is 5.11 Å². The lowest BCUT2D eigenvalue weighted by Gasteiger charge is -2.12. The lowest BCUT2D eigenvalue weighted by Crippen LogP contribution is -1.95. The largest absolute Gasteiger partial charge is 0.506 e. The van der Waals surface area contributed by atoms with Crippen molar-refractivity contribution in [3.8, 4) is 17.6 Å². The topological polar surface area (TPSA) is 53.2 Å². The molecule has 1 aromatic rings. The second kappa shape index (κ2) is 5.04. The predicted octanol–water partition coefficient (Wildman–Crippen LogP) is 2.93. The number of hydrogen-bond acceptors (Lipinski definition) is 3. The van der Waals surface area contributed by atoms with E-state index in [2.05, 4.69) is 22.0 Å². The van der Waals surface area contributed by atoms with E-state index in [1.54, 1.807) is 7.11 Å². The minimum Gasteiger partial charge on any atom is -0.506 e. The molecule has 0 aliphatic rings. The average molecular weight is 270 g/mol. The van der Waals surface area contributed by atoms with Crippen molar-refractivity contribution in [2.24, 2.45) is 0 Å². The third kappa shape index (κ3) is 2.42. The van der Waals surface area contributed by atoms with Gasteiger partial charge in [-0.2, -0.15) is 5.26 Å². The maximum Gasteiger partial charge on any atom is 0.140 e. The van der Waals surface area contributed by atoms with E-state index >= 15 is 0 Å². The molecule has 0 heterocycles. The molecule has 1 aromatic carbocycles. The smallest absolute Gasteiger partial charge is 0.140 e. The van der Waals surface area contributed by atoms with Crippen molar-refractivity contribution in [3.63, 3.8) is 0 Å². The summed E-state index contributed by atoms with van der Waals surface area (Å²) in [4.78, 5) is 0. The van der Waals surface area contributed by atoms with E-state index in [1.807, 2.05) is 13.0 Å². The maximum absolute atomic E-state index is 9.68. The van der Waals surface area contributed by atoms with Crippen molar-refractivity contribution in [1.82, 2.24) is 0 Å². The number of aromatic hydroxyl groups is 1. The molecule has 80 valence electrons. The first-order chi connectivity index (χ1) is 7.11. The number of rotatable bonds is 3. The summed E-state index contributed by atoms with van der Waals surface area (Å²) >= 11 is 3.28. The number of hydrogen-bond donors (Lipinski definition) is 1. The van der Waals surface area contributed by atoms with Crippen molar-refractivity contribution in [2.75, 3.05) is 7.11 Å². The number of phenols is 1. The van der Waals surface area contributed by atoms with Crippen LogP contribution >= 0.6 is 15.9 Å². The van der Waals surface area contributed by atoms with Crippen LogP contribution in [0.2, 0.25) is 0 Å². The highest BCUT2D eigenvalue weighted by atomic mass is 79.9. The Morgan fingerprint density at radius 1 is 1.60 bits per heavy atom. The molecule has 0 saturated carbocycles. The van der Waals surface area contributed by atoms with Gasteiger partial charge in [0.25, 0.3) is 0 Å². The van der Waals surface area contributed by atoms with Gasteiger partial charge in [0.1, 0.15) is 16.0 Å². The summed E-state index contributed by atoms with van der Waals surface area (Å²) in [6.07, 6.45) is 1.06. The minimum absolute atomic E-state index is 0.188. The van der Waals surface area contributed by atoms with Gasteiger partial charge in [-0.1, -0.05) is 0 Å². The van der Waals surface area contributed by atoms with Crippen LogP contribution < -0.4 is 4.74 Å². The zero-order chi connectivity index (χ0) is 11.4. The Labute approximate surface area is 97.4 Å². The summed E-state index contributed by atoms with van der Waals surface area (Å²) in [6, 6.07) is 3.93. The summed E-state index contributed by atoms with van der Waals surface area (Å²) in [5, 5.41) is 18.2. The molecule has 15 heavy (non-hydrogen) atoms. The first kappa shape index (κ1) is 11.9. The number of aryl methyl sites for hydroxylation is 2. The first-order valence-electron chi connectivity index (χ1n) is 4.53. The van der Waals surface area contributed by atoms with Crippen molar-refractivity contribution in [1.29, 1.82) is 5.26 Å². The molecule has 1 N–H and O–H groups in total. The van der Waals surface area contributed by atoms with E-state index in [0.717, 1.165) is 11.1 Å². The fraction of sp³-hybridized carbons (Fsp3) is 0.364. The number of methoxy groups -OCH3 is 1. The molecule has 0 amide bonds. The molecule has 0 aliphatic carbocycles. The summed E-state index contributed by atoms with van der Waals surface area (Å²) in [5.74, 6) is 0.793. The van der Waals surface area contributed by atoms with Crippen LogP contribution in [0, 0.1) is 18.3 Å². The molecule has 0 spiro atoms. The monoisotopic (exact) mass is 269 g/mol. The van der Waals surface area contributed by atoms with Gasteiger partial charge in [0.2, 0.25) is 0 Å². The SMILES string of the molecule is COc1c(CCC#N)cc(C)c(O)c1Br. The highest BCUT2D eigenvalue weighted by Gasteiger charge is 2.13. The van der Waals surface area contributed by atoms with Gasteiger partial charge in [0.05, 0.1) is 13.2 Å². The average Bonchev–Trinajstić information content (AvgIpc) is 2.23. The van der Waals surface area contributed by atoms with Gasteiger partial charge in [-0.25, -0.2) is 0 Å². The molecule has 0 fully saturated rings. The van der Waals surface area contributed by atoms with Crippen molar-refractivity contribution in [2.45, 2.75) is 19.8 Å². The second-order valence-corrected chi connectivity index (χ2v) is 4.00. The highest BCUT2D eigenvalue weighted by molar-refractivity contribution is 9.10. The zero-order valence-electron chi connectivity index (χ0n) is 8.67. The molecule has 0 unspecified atom stereocenters. The molecule has 0 atom stereocenters. The lowest BCUT2D eigenvalue weighted by atomic mass is 10.1. The van der Waals surface area contributed by atoms with Crippen LogP contribution in [-0.2, 0) is 6.42 Å². The summed E-state index contributed by atoms with van der Waals surface area (Å²) in [6.45, 7) is 1.81. The van der Waals surface area contributed by atoms with Crippen molar-refractivity contribution in [3.05, 3.63) is 21.7 Å². The minimum atomic E-state index is 0.188. The van der Waals surface area contributed by atoms with E-state index in [1.165, 1.54) is 0 Å². The van der Waals surface area contributed by atoms with E-state index < -0.39 is 0 Å². The molecular formula is C11H12BrNO2. The lowest BCUT2D eigenvalue weighted by molar-refractivity contribution is 0.397. The summed E-state index contributed by atoms with van der Waals surface area (Å²) in [7, 11) is 1.55. The Morgan fingerprint density at radius 3 is 2.80 bits per heavy atom. The standard InChI is InChI=1S/C11H12BrNO2/c1-7-6-8(4-3-5-13)11(15-2)9(12)10(7)14/h6,14H,3-4H2,1-2H3. The van der Waals surface area contributed by atoms with Gasteiger partial charge in [-0.05, 0) is 46.5 Å². The van der Waals surface area contributed by atoms with Crippen molar-refractivity contribution >= 4 is 15.9 Å². The molecular weight excluding hydrogens is 258 g/mol. The summed E-state index contributed by atoms with van der Waals surface area (Å²) in [5.41, 5.74) is 1.71. The van der Waals surface area contributed by atoms with Crippen LogP contribution in [0.25, 0.3) is 0 Å².